The summed E-state index contributed by atoms with van der Waals surface area (Å²) < 4.78 is 0. The molecule has 0 saturated carbocycles. The van der Waals surface area contributed by atoms with E-state index >= 15 is 0 Å². The molecule has 0 atom stereocenters. The number of hydrogen-bond donors (Lipinski definition) is 1. The van der Waals surface area contributed by atoms with Crippen LogP contribution in [0.4, 0.5) is 11.5 Å². The molecule has 1 aliphatic rings. The molecule has 134 valence electrons. The average Bonchev–Trinajstić information content (AvgIpc) is 3.12. The van der Waals surface area contributed by atoms with Gasteiger partial charge >= 0.3 is 0 Å². The summed E-state index contributed by atoms with van der Waals surface area (Å²) in [4.78, 5) is 38.8. The Hall–Kier alpha value is -3.61. The highest BCUT2D eigenvalue weighted by Crippen LogP contribution is 2.32. The number of fused-ring (bicyclic) bond motifs is 1. The lowest BCUT2D eigenvalue weighted by Gasteiger charge is -2.15. The second-order valence-electron chi connectivity index (χ2n) is 6.32. The number of aromatic nitrogens is 3. The van der Waals surface area contributed by atoms with Gasteiger partial charge in [-0.3, -0.25) is 14.6 Å². The normalized spacial score (nSPS) is 12.7. The van der Waals surface area contributed by atoms with Crippen molar-refractivity contribution in [3.8, 4) is 11.3 Å². The van der Waals surface area contributed by atoms with Crippen molar-refractivity contribution in [2.75, 3.05) is 17.2 Å². The molecule has 0 saturated heterocycles. The molecule has 7 heteroatoms. The van der Waals surface area contributed by atoms with E-state index in [0.717, 1.165) is 23.2 Å². The van der Waals surface area contributed by atoms with E-state index in [1.807, 2.05) is 18.2 Å². The van der Waals surface area contributed by atoms with E-state index in [1.54, 1.807) is 30.2 Å². The van der Waals surface area contributed by atoms with Crippen molar-refractivity contribution in [3.05, 3.63) is 65.7 Å². The quantitative estimate of drug-likeness (QED) is 0.720. The van der Waals surface area contributed by atoms with Crippen LogP contribution in [0, 0.1) is 0 Å². The minimum Gasteiger partial charge on any atom is -0.382 e. The van der Waals surface area contributed by atoms with E-state index in [4.69, 9.17) is 5.73 Å². The van der Waals surface area contributed by atoms with Crippen LogP contribution in [0.2, 0.25) is 0 Å². The molecule has 3 heterocycles. The molecule has 0 spiro atoms. The van der Waals surface area contributed by atoms with Gasteiger partial charge in [-0.05, 0) is 30.2 Å². The van der Waals surface area contributed by atoms with Crippen LogP contribution in [0.5, 0.6) is 0 Å². The molecule has 0 unspecified atom stereocenters. The summed E-state index contributed by atoms with van der Waals surface area (Å²) in [6, 6.07) is 9.14. The highest BCUT2D eigenvalue weighted by atomic mass is 16.2. The number of anilines is 2. The topological polar surface area (TPSA) is 102 Å². The summed E-state index contributed by atoms with van der Waals surface area (Å²) in [7, 11) is 0. The molecule has 3 aromatic rings. The fourth-order valence-electron chi connectivity index (χ4n) is 3.20. The zero-order chi connectivity index (χ0) is 19.0. The second kappa shape index (κ2) is 6.60. The molecule has 1 aliphatic heterocycles. The molecule has 7 nitrogen and oxygen atoms in total. The smallest absolute Gasteiger partial charge is 0.223 e. The van der Waals surface area contributed by atoms with Gasteiger partial charge in [-0.1, -0.05) is 12.1 Å². The van der Waals surface area contributed by atoms with E-state index in [-0.39, 0.29) is 23.2 Å². The summed E-state index contributed by atoms with van der Waals surface area (Å²) in [6.45, 7) is 2.22. The molecule has 4 rings (SSSR count). The Labute approximate surface area is 155 Å². The van der Waals surface area contributed by atoms with Gasteiger partial charge in [-0.2, -0.15) is 0 Å². The van der Waals surface area contributed by atoms with E-state index in [1.165, 1.54) is 12.4 Å². The molecular formula is C20H17N5O2. The van der Waals surface area contributed by atoms with Crippen LogP contribution in [0.15, 0.2) is 48.9 Å². The Kier molecular flexibility index (Phi) is 4.12. The molecule has 1 amide bonds. The van der Waals surface area contributed by atoms with Crippen molar-refractivity contribution in [3.63, 3.8) is 0 Å². The minimum atomic E-state index is -0.332. The maximum atomic E-state index is 12.7. The number of nitrogen functional groups attached to an aromatic ring is 1. The van der Waals surface area contributed by atoms with E-state index in [0.29, 0.717) is 17.8 Å². The third kappa shape index (κ3) is 3.03. The summed E-state index contributed by atoms with van der Waals surface area (Å²) in [5.41, 5.74) is 9.66. The number of amides is 1. The Morgan fingerprint density at radius 2 is 2.04 bits per heavy atom. The maximum absolute atomic E-state index is 12.7. The summed E-state index contributed by atoms with van der Waals surface area (Å²) in [5, 5.41) is 0. The van der Waals surface area contributed by atoms with Crippen molar-refractivity contribution in [2.24, 2.45) is 0 Å². The first kappa shape index (κ1) is 16.8. The number of nitrogens with two attached hydrogens (primary N) is 1. The first-order chi connectivity index (χ1) is 13.0. The lowest BCUT2D eigenvalue weighted by Crippen LogP contribution is -2.25. The zero-order valence-electron chi connectivity index (χ0n) is 14.7. The Morgan fingerprint density at radius 1 is 1.19 bits per heavy atom. The minimum absolute atomic E-state index is 0.00161. The van der Waals surface area contributed by atoms with Crippen LogP contribution in [0.25, 0.3) is 11.3 Å². The van der Waals surface area contributed by atoms with Crippen LogP contribution < -0.4 is 10.6 Å². The number of carbonyl (C=O) groups excluding carboxylic acids is 2. The van der Waals surface area contributed by atoms with Gasteiger partial charge in [0, 0.05) is 42.7 Å². The van der Waals surface area contributed by atoms with Crippen molar-refractivity contribution in [2.45, 2.75) is 13.3 Å². The van der Waals surface area contributed by atoms with E-state index in [2.05, 4.69) is 15.0 Å². The van der Waals surface area contributed by atoms with E-state index < -0.39 is 0 Å². The molecule has 2 N–H and O–H groups in total. The predicted molar refractivity (Wildman–Crippen MR) is 101 cm³/mol. The number of ketones is 1. The molecule has 0 fully saturated rings. The van der Waals surface area contributed by atoms with Gasteiger partial charge in [0.1, 0.15) is 0 Å². The summed E-state index contributed by atoms with van der Waals surface area (Å²) in [6.07, 6.45) is 5.42. The van der Waals surface area contributed by atoms with Gasteiger partial charge in [-0.15, -0.1) is 0 Å². The van der Waals surface area contributed by atoms with Gasteiger partial charge in [0.05, 0.1) is 11.9 Å². The molecule has 0 radical (unpaired) electrons. The van der Waals surface area contributed by atoms with Crippen LogP contribution in [0.3, 0.4) is 0 Å². The second-order valence-corrected chi connectivity index (χ2v) is 6.32. The van der Waals surface area contributed by atoms with Crippen molar-refractivity contribution in [1.82, 2.24) is 15.0 Å². The van der Waals surface area contributed by atoms with Gasteiger partial charge < -0.3 is 10.6 Å². The predicted octanol–water partition coefficient (Wildman–Crippen LogP) is 2.26. The number of nitrogens with zero attached hydrogens (tertiary/aromatic N) is 4. The van der Waals surface area contributed by atoms with Crippen molar-refractivity contribution < 1.29 is 9.59 Å². The summed E-state index contributed by atoms with van der Waals surface area (Å²) in [5.74, 6) is -0.262. The first-order valence-electron chi connectivity index (χ1n) is 8.53. The fourth-order valence-corrected chi connectivity index (χ4v) is 3.20. The molecule has 0 bridgehead atoms. The lowest BCUT2D eigenvalue weighted by molar-refractivity contribution is -0.116. The Morgan fingerprint density at radius 3 is 2.78 bits per heavy atom. The number of benzene rings is 1. The van der Waals surface area contributed by atoms with Crippen LogP contribution in [-0.4, -0.2) is 33.2 Å². The van der Waals surface area contributed by atoms with Crippen LogP contribution in [-0.2, 0) is 11.2 Å². The zero-order valence-corrected chi connectivity index (χ0v) is 14.7. The highest BCUT2D eigenvalue weighted by molar-refractivity contribution is 6.10. The summed E-state index contributed by atoms with van der Waals surface area (Å²) >= 11 is 0. The lowest BCUT2D eigenvalue weighted by atomic mass is 10.1. The number of rotatable bonds is 3. The van der Waals surface area contributed by atoms with Crippen molar-refractivity contribution in [1.29, 1.82) is 0 Å². The molecule has 2 aromatic heterocycles. The third-order valence-corrected chi connectivity index (χ3v) is 4.60. The van der Waals surface area contributed by atoms with Crippen LogP contribution >= 0.6 is 0 Å². The van der Waals surface area contributed by atoms with Crippen LogP contribution in [0.1, 0.15) is 28.5 Å². The fraction of sp³-hybridized carbons (Fsp3) is 0.150. The third-order valence-electron chi connectivity index (χ3n) is 4.60. The molecular weight excluding hydrogens is 342 g/mol. The maximum Gasteiger partial charge on any atom is 0.223 e. The van der Waals surface area contributed by atoms with Gasteiger partial charge in [-0.25, -0.2) is 9.97 Å². The SMILES string of the molecule is CC(=O)N1CCc2ccc(-c3cnc(N)c(C(=O)c4cccnc4)n3)cc21. The molecule has 27 heavy (non-hydrogen) atoms. The average molecular weight is 359 g/mol. The van der Waals surface area contributed by atoms with Gasteiger partial charge in [0.15, 0.2) is 11.5 Å². The molecule has 1 aromatic carbocycles. The standard InChI is InChI=1S/C20H17N5O2/c1-12(26)25-8-6-13-4-5-14(9-17(13)25)16-11-23-20(21)18(24-16)19(27)15-3-2-7-22-10-15/h2-5,7,9-11H,6,8H2,1H3,(H2,21,23). The number of hydrogen-bond acceptors (Lipinski definition) is 6. The van der Waals surface area contributed by atoms with E-state index in [9.17, 15) is 9.59 Å². The number of pyridine rings is 1. The largest absolute Gasteiger partial charge is 0.382 e. The monoisotopic (exact) mass is 359 g/mol. The molecule has 0 aliphatic carbocycles. The van der Waals surface area contributed by atoms with Gasteiger partial charge in [0.25, 0.3) is 0 Å². The highest BCUT2D eigenvalue weighted by Gasteiger charge is 2.23. The Balaban J connectivity index is 1.75. The Bertz CT molecular complexity index is 1050. The van der Waals surface area contributed by atoms with Gasteiger partial charge in [0.2, 0.25) is 11.7 Å². The van der Waals surface area contributed by atoms with Crippen molar-refractivity contribution >= 4 is 23.2 Å². The number of carbonyl (C=O) groups is 2. The first-order valence-corrected chi connectivity index (χ1v) is 8.53.